The van der Waals surface area contributed by atoms with Crippen LogP contribution in [0.4, 0.5) is 0 Å². The molecule has 2 aliphatic rings. The highest BCUT2D eigenvalue weighted by molar-refractivity contribution is 5.94. The van der Waals surface area contributed by atoms with E-state index in [1.165, 1.54) is 5.69 Å². The Bertz CT molecular complexity index is 955. The van der Waals surface area contributed by atoms with Crippen LogP contribution in [0.3, 0.4) is 0 Å². The number of benzene rings is 1. The minimum atomic E-state index is 0. The number of nitrogens with one attached hydrogen (secondary N) is 1. The van der Waals surface area contributed by atoms with Crippen molar-refractivity contribution in [2.75, 3.05) is 19.6 Å². The molecule has 5 rings (SSSR count). The summed E-state index contributed by atoms with van der Waals surface area (Å²) in [5, 5.41) is 8.14. The molecule has 1 fully saturated rings. The summed E-state index contributed by atoms with van der Waals surface area (Å²) in [5.41, 5.74) is 2.91. The number of halogens is 2. The summed E-state index contributed by atoms with van der Waals surface area (Å²) in [6.07, 6.45) is 5.76. The highest BCUT2D eigenvalue weighted by Gasteiger charge is 2.26. The Morgan fingerprint density at radius 1 is 1.07 bits per heavy atom. The molecule has 2 aliphatic heterocycles. The fourth-order valence-corrected chi connectivity index (χ4v) is 4.22. The maximum Gasteiger partial charge on any atom is 0.253 e. The average molecular weight is 449 g/mol. The minimum absolute atomic E-state index is 0. The molecule has 1 aromatic carbocycles. The Morgan fingerprint density at radius 2 is 1.83 bits per heavy atom. The van der Waals surface area contributed by atoms with E-state index in [1.54, 1.807) is 0 Å². The molecule has 0 bridgehead atoms. The molecule has 160 valence electrons. The van der Waals surface area contributed by atoms with Gasteiger partial charge in [-0.05, 0) is 31.0 Å². The Kier molecular flexibility index (Phi) is 7.18. The van der Waals surface area contributed by atoms with Gasteiger partial charge in [0.2, 0.25) is 0 Å². The lowest BCUT2D eigenvalue weighted by Gasteiger charge is -2.33. The molecular weight excluding hydrogens is 423 g/mol. The number of fused-ring (bicyclic) bond motifs is 1. The molecule has 9 heteroatoms. The summed E-state index contributed by atoms with van der Waals surface area (Å²) in [7, 11) is 0. The number of hydrogen-bond acceptors (Lipinski definition) is 4. The van der Waals surface area contributed by atoms with E-state index >= 15 is 0 Å². The number of amides is 1. The molecule has 2 aromatic heterocycles. The zero-order valence-electron chi connectivity index (χ0n) is 16.6. The highest BCUT2D eigenvalue weighted by atomic mass is 35.5. The third kappa shape index (κ3) is 4.24. The average Bonchev–Trinajstić information content (AvgIpc) is 3.41. The van der Waals surface area contributed by atoms with Crippen LogP contribution < -0.4 is 5.32 Å². The molecule has 3 aromatic rings. The van der Waals surface area contributed by atoms with Crippen LogP contribution in [0.15, 0.2) is 48.8 Å². The van der Waals surface area contributed by atoms with Crippen molar-refractivity contribution in [3.8, 4) is 11.5 Å². The number of rotatable bonds is 3. The van der Waals surface area contributed by atoms with Crippen LogP contribution in [0.5, 0.6) is 0 Å². The van der Waals surface area contributed by atoms with Gasteiger partial charge in [0.15, 0.2) is 5.82 Å². The number of carbonyl (C=O) groups excluding carboxylic acids is 1. The third-order valence-corrected chi connectivity index (χ3v) is 5.73. The van der Waals surface area contributed by atoms with Gasteiger partial charge < -0.3 is 14.8 Å². The summed E-state index contributed by atoms with van der Waals surface area (Å²) in [4.78, 5) is 19.2. The summed E-state index contributed by atoms with van der Waals surface area (Å²) < 4.78 is 4.32. The van der Waals surface area contributed by atoms with Crippen molar-refractivity contribution >= 4 is 30.7 Å². The predicted octanol–water partition coefficient (Wildman–Crippen LogP) is 3.17. The molecule has 0 spiro atoms. The molecule has 0 unspecified atom stereocenters. The minimum Gasteiger partial charge on any atom is -0.338 e. The first-order valence-corrected chi connectivity index (χ1v) is 9.94. The van der Waals surface area contributed by atoms with E-state index in [9.17, 15) is 4.79 Å². The molecule has 1 amide bonds. The lowest BCUT2D eigenvalue weighted by atomic mass is 10.0. The molecule has 30 heavy (non-hydrogen) atoms. The number of hydrogen-bond donors (Lipinski definition) is 1. The molecule has 4 heterocycles. The fraction of sp³-hybridized carbons (Fsp3) is 0.381. The zero-order valence-corrected chi connectivity index (χ0v) is 18.2. The van der Waals surface area contributed by atoms with Gasteiger partial charge in [-0.2, -0.15) is 5.10 Å². The van der Waals surface area contributed by atoms with Crippen molar-refractivity contribution in [2.45, 2.75) is 32.0 Å². The van der Waals surface area contributed by atoms with E-state index < -0.39 is 0 Å². The molecule has 0 radical (unpaired) electrons. The van der Waals surface area contributed by atoms with Gasteiger partial charge in [0.25, 0.3) is 5.91 Å². The number of aromatic nitrogens is 4. The second kappa shape index (κ2) is 9.64. The molecule has 0 saturated carbocycles. The van der Waals surface area contributed by atoms with Crippen molar-refractivity contribution in [1.82, 2.24) is 29.5 Å². The van der Waals surface area contributed by atoms with Crippen molar-refractivity contribution in [2.24, 2.45) is 0 Å². The van der Waals surface area contributed by atoms with Crippen LogP contribution in [-0.2, 0) is 13.1 Å². The lowest BCUT2D eigenvalue weighted by molar-refractivity contribution is 0.0695. The van der Waals surface area contributed by atoms with Gasteiger partial charge in [-0.3, -0.25) is 9.48 Å². The number of nitrogens with zero attached hydrogens (tertiary/aromatic N) is 5. The third-order valence-electron chi connectivity index (χ3n) is 5.73. The van der Waals surface area contributed by atoms with E-state index in [1.807, 2.05) is 47.6 Å². The maximum absolute atomic E-state index is 12.7. The quantitative estimate of drug-likeness (QED) is 0.667. The summed E-state index contributed by atoms with van der Waals surface area (Å²) in [5.74, 6) is 1.05. The van der Waals surface area contributed by atoms with Crippen LogP contribution in [0.1, 0.15) is 34.9 Å². The first-order valence-electron chi connectivity index (χ1n) is 9.94. The second-order valence-corrected chi connectivity index (χ2v) is 7.47. The molecule has 0 aliphatic carbocycles. The highest BCUT2D eigenvalue weighted by Crippen LogP contribution is 2.29. The molecule has 0 atom stereocenters. The Labute approximate surface area is 188 Å². The van der Waals surface area contributed by atoms with Crippen LogP contribution in [0, 0.1) is 0 Å². The standard InChI is InChI=1S/C21H24N6O.2ClH/c28-21(16-4-2-1-3-5-16)25-10-6-17(7-11-25)26-12-9-23-20(26)19-14-18-15-22-8-13-27(18)24-19;;/h1-5,9,12,14,17,22H,6-8,10-11,13,15H2;2*1H. The van der Waals surface area contributed by atoms with Crippen molar-refractivity contribution in [1.29, 1.82) is 0 Å². The van der Waals surface area contributed by atoms with E-state index in [0.29, 0.717) is 6.04 Å². The normalized spacial score (nSPS) is 16.3. The van der Waals surface area contributed by atoms with Crippen LogP contribution in [0.25, 0.3) is 11.5 Å². The van der Waals surface area contributed by atoms with Gasteiger partial charge in [0.1, 0.15) is 5.69 Å². The van der Waals surface area contributed by atoms with Gasteiger partial charge in [-0.25, -0.2) is 4.98 Å². The Morgan fingerprint density at radius 3 is 2.57 bits per heavy atom. The fourth-order valence-electron chi connectivity index (χ4n) is 4.22. The van der Waals surface area contributed by atoms with E-state index in [2.05, 4.69) is 25.6 Å². The largest absolute Gasteiger partial charge is 0.338 e. The van der Waals surface area contributed by atoms with Crippen LogP contribution in [0.2, 0.25) is 0 Å². The van der Waals surface area contributed by atoms with Crippen molar-refractivity contribution < 1.29 is 4.79 Å². The van der Waals surface area contributed by atoms with Gasteiger partial charge in [0, 0.05) is 50.2 Å². The molecule has 7 nitrogen and oxygen atoms in total. The van der Waals surface area contributed by atoms with Gasteiger partial charge in [-0.1, -0.05) is 18.2 Å². The Balaban J connectivity index is 0.00000128. The maximum atomic E-state index is 12.7. The summed E-state index contributed by atoms with van der Waals surface area (Å²) in [6.45, 7) is 4.24. The number of likely N-dealkylation sites (tertiary alicyclic amines) is 1. The number of piperidine rings is 1. The summed E-state index contributed by atoms with van der Waals surface area (Å²) >= 11 is 0. The smallest absolute Gasteiger partial charge is 0.253 e. The molecule has 1 N–H and O–H groups in total. The topological polar surface area (TPSA) is 68.0 Å². The van der Waals surface area contributed by atoms with Crippen molar-refractivity contribution in [3.05, 3.63) is 60.0 Å². The van der Waals surface area contributed by atoms with E-state index in [0.717, 1.165) is 62.6 Å². The second-order valence-electron chi connectivity index (χ2n) is 7.47. The van der Waals surface area contributed by atoms with Crippen LogP contribution in [-0.4, -0.2) is 49.8 Å². The molecular formula is C21H26Cl2N6O. The molecule has 1 saturated heterocycles. The Hall–Kier alpha value is -2.35. The number of imidazole rings is 1. The van der Waals surface area contributed by atoms with Gasteiger partial charge in [-0.15, -0.1) is 24.8 Å². The monoisotopic (exact) mass is 448 g/mol. The first kappa shape index (κ1) is 22.3. The van der Waals surface area contributed by atoms with E-state index in [4.69, 9.17) is 5.10 Å². The SMILES string of the molecule is Cl.Cl.O=C(c1ccccc1)N1CCC(n2ccnc2-c2cc3n(n2)CCNC3)CC1. The first-order chi connectivity index (χ1) is 13.8. The van der Waals surface area contributed by atoms with Gasteiger partial charge >= 0.3 is 0 Å². The zero-order chi connectivity index (χ0) is 18.9. The number of carbonyl (C=O) groups is 1. The van der Waals surface area contributed by atoms with Crippen molar-refractivity contribution in [3.63, 3.8) is 0 Å². The van der Waals surface area contributed by atoms with Gasteiger partial charge in [0.05, 0.1) is 12.2 Å². The summed E-state index contributed by atoms with van der Waals surface area (Å²) in [6, 6.07) is 12.0. The van der Waals surface area contributed by atoms with E-state index in [-0.39, 0.29) is 30.7 Å². The lowest BCUT2D eigenvalue weighted by Crippen LogP contribution is -2.39. The predicted molar refractivity (Wildman–Crippen MR) is 120 cm³/mol. The van der Waals surface area contributed by atoms with Crippen LogP contribution >= 0.6 is 24.8 Å².